The van der Waals surface area contributed by atoms with Crippen molar-refractivity contribution in [3.05, 3.63) is 46.6 Å². The largest absolute Gasteiger partial charge is 0.353 e. The lowest BCUT2D eigenvalue weighted by Crippen LogP contribution is -2.43. The van der Waals surface area contributed by atoms with Crippen molar-refractivity contribution < 1.29 is 27.6 Å². The summed E-state index contributed by atoms with van der Waals surface area (Å²) in [6, 6.07) is 1.57. The van der Waals surface area contributed by atoms with Crippen LogP contribution in [0, 0.1) is 5.92 Å². The quantitative estimate of drug-likeness (QED) is 0.268. The Bertz CT molecular complexity index is 1340. The van der Waals surface area contributed by atoms with Crippen LogP contribution in [0.5, 0.6) is 0 Å². The van der Waals surface area contributed by atoms with Gasteiger partial charge in [0.2, 0.25) is 10.9 Å². The zero-order valence-electron chi connectivity index (χ0n) is 22.8. The summed E-state index contributed by atoms with van der Waals surface area (Å²) in [6.45, 7) is 4.01. The average Bonchev–Trinajstić information content (AvgIpc) is 3.35. The van der Waals surface area contributed by atoms with Gasteiger partial charge in [-0.1, -0.05) is 32.8 Å². The molecule has 0 aliphatic carbocycles. The van der Waals surface area contributed by atoms with Crippen LogP contribution in [0.4, 0.5) is 0 Å². The third kappa shape index (κ3) is 9.06. The zero-order chi connectivity index (χ0) is 29.2. The summed E-state index contributed by atoms with van der Waals surface area (Å²) in [7, 11) is -1.52. The van der Waals surface area contributed by atoms with Gasteiger partial charge in [-0.25, -0.2) is 13.4 Å². The van der Waals surface area contributed by atoms with Crippen LogP contribution >= 0.6 is 0 Å². The normalized spacial score (nSPS) is 12.3. The SMILES string of the molecule is CCC(CC)CCC(=O)Cn1cccc(CC(=O)[C@H](CCC(=O)C(=O)NC)NS(=O)(=O)c2nccn2C)c1=O. The number of hydrogen-bond donors (Lipinski definition) is 2. The van der Waals surface area contributed by atoms with Crippen molar-refractivity contribution in [2.24, 2.45) is 13.0 Å². The van der Waals surface area contributed by atoms with Gasteiger partial charge >= 0.3 is 0 Å². The summed E-state index contributed by atoms with van der Waals surface area (Å²) in [5, 5.41) is 1.85. The number of aromatic nitrogens is 3. The number of sulfonamides is 1. The molecule has 2 N–H and O–H groups in total. The van der Waals surface area contributed by atoms with Gasteiger partial charge in [0, 0.05) is 57.5 Å². The first-order valence-electron chi connectivity index (χ1n) is 12.9. The molecule has 0 spiro atoms. The number of imidazole rings is 1. The number of aryl methyl sites for hydroxylation is 1. The Morgan fingerprint density at radius 1 is 1.05 bits per heavy atom. The summed E-state index contributed by atoms with van der Waals surface area (Å²) < 4.78 is 30.5. The average molecular weight is 564 g/mol. The summed E-state index contributed by atoms with van der Waals surface area (Å²) in [5.41, 5.74) is -0.456. The number of Topliss-reactive ketones (excluding diaryl/α,β-unsaturated/α-hetero) is 3. The highest BCUT2D eigenvalue weighted by molar-refractivity contribution is 7.89. The maximum atomic E-state index is 13.2. The Labute approximate surface area is 228 Å². The molecule has 0 radical (unpaired) electrons. The molecule has 0 aliphatic heterocycles. The number of likely N-dealkylation sites (N-methyl/N-ethyl adjacent to an activating group) is 1. The molecule has 2 rings (SSSR count). The molecule has 0 unspecified atom stereocenters. The van der Waals surface area contributed by atoms with Crippen molar-refractivity contribution in [3.63, 3.8) is 0 Å². The van der Waals surface area contributed by atoms with Gasteiger partial charge in [0.05, 0.1) is 12.6 Å². The second-order valence-electron chi connectivity index (χ2n) is 9.41. The number of rotatable bonds is 17. The topological polar surface area (TPSA) is 166 Å². The Hall–Kier alpha value is -3.45. The molecule has 0 bridgehead atoms. The number of carbonyl (C=O) groups excluding carboxylic acids is 4. The fourth-order valence-electron chi connectivity index (χ4n) is 4.15. The van der Waals surface area contributed by atoms with E-state index in [9.17, 15) is 32.4 Å². The molecule has 0 fully saturated rings. The Kier molecular flexibility index (Phi) is 11.9. The molecule has 0 saturated carbocycles. The third-order valence-corrected chi connectivity index (χ3v) is 8.11. The van der Waals surface area contributed by atoms with Crippen molar-refractivity contribution in [3.8, 4) is 0 Å². The van der Waals surface area contributed by atoms with Gasteiger partial charge in [-0.2, -0.15) is 4.72 Å². The molecular weight excluding hydrogens is 526 g/mol. The van der Waals surface area contributed by atoms with Crippen LogP contribution in [0.3, 0.4) is 0 Å². The number of ketones is 3. The van der Waals surface area contributed by atoms with Gasteiger partial charge in [0.15, 0.2) is 11.6 Å². The molecule has 13 heteroatoms. The standard InChI is InChI=1S/C26H37N5O7S/c1-5-18(6-2)9-10-20(32)17-31-14-7-8-19(25(31)36)16-23(34)21(11-12-22(33)24(35)27-3)29-39(37,38)26-28-13-15-30(26)4/h7-8,13-15,18,21,29H,5-6,9-12,16-17H2,1-4H3,(H,27,35)/t21-/m0/s1. The fourth-order valence-corrected chi connectivity index (χ4v) is 5.52. The molecule has 214 valence electrons. The summed E-state index contributed by atoms with van der Waals surface area (Å²) in [6.07, 6.45) is 6.05. The third-order valence-electron chi connectivity index (χ3n) is 6.64. The van der Waals surface area contributed by atoms with Gasteiger partial charge < -0.3 is 14.5 Å². The molecule has 1 amide bonds. The lowest BCUT2D eigenvalue weighted by Gasteiger charge is -2.17. The molecule has 0 aliphatic rings. The molecular formula is C26H37N5O7S. The highest BCUT2D eigenvalue weighted by Crippen LogP contribution is 2.15. The number of amides is 1. The minimum Gasteiger partial charge on any atom is -0.353 e. The zero-order valence-corrected chi connectivity index (χ0v) is 23.6. The van der Waals surface area contributed by atoms with E-state index in [0.717, 1.165) is 19.3 Å². The van der Waals surface area contributed by atoms with Crippen LogP contribution < -0.4 is 15.6 Å². The van der Waals surface area contributed by atoms with Crippen molar-refractivity contribution in [1.82, 2.24) is 24.2 Å². The number of nitrogens with zero attached hydrogens (tertiary/aromatic N) is 3. The molecule has 2 heterocycles. The predicted octanol–water partition coefficient (Wildman–Crippen LogP) is 0.921. The summed E-state index contributed by atoms with van der Waals surface area (Å²) in [5.74, 6) is -2.02. The van der Waals surface area contributed by atoms with Crippen LogP contribution in [-0.2, 0) is 49.2 Å². The van der Waals surface area contributed by atoms with Crippen molar-refractivity contribution >= 4 is 33.3 Å². The molecule has 12 nitrogen and oxygen atoms in total. The lowest BCUT2D eigenvalue weighted by atomic mass is 9.96. The van der Waals surface area contributed by atoms with E-state index in [4.69, 9.17) is 0 Å². The first-order chi connectivity index (χ1) is 18.4. The summed E-state index contributed by atoms with van der Waals surface area (Å²) in [4.78, 5) is 66.2. The Morgan fingerprint density at radius 2 is 1.74 bits per heavy atom. The highest BCUT2D eigenvalue weighted by atomic mass is 32.2. The van der Waals surface area contributed by atoms with Gasteiger partial charge in [0.25, 0.3) is 21.5 Å². The van der Waals surface area contributed by atoms with Crippen LogP contribution in [0.25, 0.3) is 0 Å². The highest BCUT2D eigenvalue weighted by Gasteiger charge is 2.30. The fraction of sp³-hybridized carbons (Fsp3) is 0.538. The van der Waals surface area contributed by atoms with E-state index in [1.807, 2.05) is 0 Å². The molecule has 1 atom stereocenters. The lowest BCUT2D eigenvalue weighted by molar-refractivity contribution is -0.137. The van der Waals surface area contributed by atoms with Gasteiger partial charge in [-0.3, -0.25) is 24.0 Å². The second-order valence-corrected chi connectivity index (χ2v) is 11.0. The van der Waals surface area contributed by atoms with Gasteiger partial charge in [-0.05, 0) is 24.8 Å². The van der Waals surface area contributed by atoms with Crippen molar-refractivity contribution in [2.45, 2.75) is 76.5 Å². The van der Waals surface area contributed by atoms with Crippen LogP contribution in [0.2, 0.25) is 0 Å². The number of carbonyl (C=O) groups is 4. The van der Waals surface area contributed by atoms with Gasteiger partial charge in [0.1, 0.15) is 0 Å². The number of pyridine rings is 1. The number of hydrogen-bond acceptors (Lipinski definition) is 8. The minimum absolute atomic E-state index is 0.0779. The van der Waals surface area contributed by atoms with E-state index >= 15 is 0 Å². The predicted molar refractivity (Wildman–Crippen MR) is 143 cm³/mol. The van der Waals surface area contributed by atoms with E-state index < -0.39 is 51.9 Å². The van der Waals surface area contributed by atoms with E-state index in [0.29, 0.717) is 12.3 Å². The van der Waals surface area contributed by atoms with E-state index in [1.165, 1.54) is 47.9 Å². The Morgan fingerprint density at radius 3 is 2.33 bits per heavy atom. The monoisotopic (exact) mass is 563 g/mol. The molecule has 2 aromatic heterocycles. The first-order valence-corrected chi connectivity index (χ1v) is 14.4. The molecule has 2 aromatic rings. The number of nitrogens with one attached hydrogen (secondary N) is 2. The maximum Gasteiger partial charge on any atom is 0.287 e. The van der Waals surface area contributed by atoms with E-state index in [1.54, 1.807) is 6.07 Å². The smallest absolute Gasteiger partial charge is 0.287 e. The van der Waals surface area contributed by atoms with Gasteiger partial charge in [-0.15, -0.1) is 0 Å². The van der Waals surface area contributed by atoms with E-state index in [2.05, 4.69) is 28.9 Å². The van der Waals surface area contributed by atoms with Crippen molar-refractivity contribution in [2.75, 3.05) is 7.05 Å². The molecule has 0 saturated heterocycles. The van der Waals surface area contributed by atoms with Crippen LogP contribution in [-0.4, -0.2) is 58.9 Å². The second kappa shape index (κ2) is 14.6. The maximum absolute atomic E-state index is 13.2. The summed E-state index contributed by atoms with van der Waals surface area (Å²) >= 11 is 0. The van der Waals surface area contributed by atoms with Crippen LogP contribution in [0.1, 0.15) is 57.9 Å². The van der Waals surface area contributed by atoms with Crippen LogP contribution in [0.15, 0.2) is 40.7 Å². The molecule has 39 heavy (non-hydrogen) atoms. The first kappa shape index (κ1) is 31.8. The Balaban J connectivity index is 2.22. The van der Waals surface area contributed by atoms with Crippen molar-refractivity contribution in [1.29, 1.82) is 0 Å². The molecule has 0 aromatic carbocycles. The van der Waals surface area contributed by atoms with E-state index in [-0.39, 0.29) is 29.5 Å². The minimum atomic E-state index is -4.27.